The Bertz CT molecular complexity index is 676. The molecule has 0 bridgehead atoms. The van der Waals surface area contributed by atoms with Crippen molar-refractivity contribution in [2.45, 2.75) is 44.4 Å². The number of ether oxygens (including phenoxy) is 2. The monoisotopic (exact) mass is 323 g/mol. The van der Waals surface area contributed by atoms with Crippen molar-refractivity contribution in [3.05, 3.63) is 12.7 Å². The molecule has 1 saturated heterocycles. The van der Waals surface area contributed by atoms with Gasteiger partial charge in [0.1, 0.15) is 24.6 Å². The average Bonchev–Trinajstić information content (AvgIpc) is 3.08. The topological polar surface area (TPSA) is 115 Å². The lowest BCUT2D eigenvalue weighted by molar-refractivity contribution is -0.0583. The van der Waals surface area contributed by atoms with E-state index in [1.807, 2.05) is 13.8 Å². The maximum absolute atomic E-state index is 10.2. The van der Waals surface area contributed by atoms with Gasteiger partial charge in [-0.05, 0) is 13.8 Å². The Morgan fingerprint density at radius 3 is 2.83 bits per heavy atom. The summed E-state index contributed by atoms with van der Waals surface area (Å²) in [6, 6.07) is 0.202. The van der Waals surface area contributed by atoms with Gasteiger partial charge in [-0.15, -0.1) is 0 Å². The molecule has 0 aromatic carbocycles. The molecule has 1 aliphatic heterocycles. The molecular formula is C14H21N5O4. The van der Waals surface area contributed by atoms with E-state index in [1.165, 1.54) is 13.4 Å². The van der Waals surface area contributed by atoms with Crippen LogP contribution in [-0.4, -0.2) is 67.8 Å². The maximum atomic E-state index is 10.2. The predicted molar refractivity (Wildman–Crippen MR) is 81.9 cm³/mol. The summed E-state index contributed by atoms with van der Waals surface area (Å²) in [5.74, 6) is 0.634. The number of fused-ring (bicyclic) bond motifs is 1. The molecule has 3 rings (SSSR count). The highest BCUT2D eigenvalue weighted by Crippen LogP contribution is 2.33. The quantitative estimate of drug-likeness (QED) is 0.699. The molecule has 9 heteroatoms. The highest BCUT2D eigenvalue weighted by molar-refractivity contribution is 5.82. The molecule has 0 radical (unpaired) electrons. The van der Waals surface area contributed by atoms with Crippen molar-refractivity contribution in [1.82, 2.24) is 19.5 Å². The zero-order chi connectivity index (χ0) is 16.6. The van der Waals surface area contributed by atoms with Crippen LogP contribution in [0.15, 0.2) is 12.7 Å². The number of rotatable bonds is 5. The fraction of sp³-hybridized carbons (Fsp3) is 0.643. The Morgan fingerprint density at radius 2 is 2.17 bits per heavy atom. The van der Waals surface area contributed by atoms with Crippen molar-refractivity contribution < 1.29 is 19.7 Å². The van der Waals surface area contributed by atoms with Gasteiger partial charge in [0.2, 0.25) is 0 Å². The van der Waals surface area contributed by atoms with Crippen molar-refractivity contribution in [2.75, 3.05) is 19.0 Å². The number of anilines is 1. The summed E-state index contributed by atoms with van der Waals surface area (Å²) in [7, 11) is 1.49. The number of aliphatic hydroxyl groups excluding tert-OH is 2. The number of aliphatic hydroxyl groups is 2. The number of nitrogens with zero attached hydrogens (tertiary/aromatic N) is 4. The van der Waals surface area contributed by atoms with Gasteiger partial charge in [0.15, 0.2) is 23.2 Å². The van der Waals surface area contributed by atoms with Gasteiger partial charge in [-0.3, -0.25) is 4.57 Å². The number of hydrogen-bond donors (Lipinski definition) is 3. The van der Waals surface area contributed by atoms with Gasteiger partial charge in [0.05, 0.1) is 12.9 Å². The number of nitrogens with one attached hydrogen (secondary N) is 1. The molecule has 4 atom stereocenters. The summed E-state index contributed by atoms with van der Waals surface area (Å²) in [4.78, 5) is 12.8. The first-order valence-corrected chi connectivity index (χ1v) is 7.48. The number of imidazole rings is 1. The zero-order valence-electron chi connectivity index (χ0n) is 13.2. The second-order valence-electron chi connectivity index (χ2n) is 5.78. The molecule has 9 nitrogen and oxygen atoms in total. The van der Waals surface area contributed by atoms with Gasteiger partial charge in [0, 0.05) is 13.2 Å². The first kappa shape index (κ1) is 16.1. The second-order valence-corrected chi connectivity index (χ2v) is 5.78. The van der Waals surface area contributed by atoms with Crippen LogP contribution in [-0.2, 0) is 9.47 Å². The van der Waals surface area contributed by atoms with E-state index in [1.54, 1.807) is 10.9 Å². The van der Waals surface area contributed by atoms with Gasteiger partial charge in [0.25, 0.3) is 0 Å². The minimum absolute atomic E-state index is 0.202. The van der Waals surface area contributed by atoms with Crippen LogP contribution in [0.2, 0.25) is 0 Å². The summed E-state index contributed by atoms with van der Waals surface area (Å²) in [5, 5.41) is 22.7. The Morgan fingerprint density at radius 1 is 1.39 bits per heavy atom. The van der Waals surface area contributed by atoms with Gasteiger partial charge in [-0.25, -0.2) is 15.0 Å². The highest BCUT2D eigenvalue weighted by Gasteiger charge is 2.45. The van der Waals surface area contributed by atoms with E-state index < -0.39 is 24.5 Å². The fourth-order valence-corrected chi connectivity index (χ4v) is 2.77. The lowest BCUT2D eigenvalue weighted by Gasteiger charge is -2.20. The smallest absolute Gasteiger partial charge is 0.167 e. The lowest BCUT2D eigenvalue weighted by atomic mass is 10.1. The van der Waals surface area contributed by atoms with Crippen molar-refractivity contribution in [2.24, 2.45) is 0 Å². The molecule has 0 spiro atoms. The SMILES string of the molecule is COC1[C@@H](O)[C@@H](CO)O[C@H]1n1cnc2c(NC(C)C)ncnc21. The zero-order valence-corrected chi connectivity index (χ0v) is 13.2. The number of aromatic nitrogens is 4. The molecule has 2 aromatic rings. The molecular weight excluding hydrogens is 302 g/mol. The maximum Gasteiger partial charge on any atom is 0.167 e. The predicted octanol–water partition coefficient (Wildman–Crippen LogP) is -0.0878. The molecule has 0 aliphatic carbocycles. The van der Waals surface area contributed by atoms with Gasteiger partial charge < -0.3 is 25.0 Å². The molecule has 3 N–H and O–H groups in total. The summed E-state index contributed by atoms with van der Waals surface area (Å²) in [5.41, 5.74) is 1.18. The largest absolute Gasteiger partial charge is 0.394 e. The van der Waals surface area contributed by atoms with E-state index in [0.717, 1.165) is 0 Å². The Hall–Kier alpha value is -1.81. The molecule has 3 heterocycles. The molecule has 2 aromatic heterocycles. The Balaban J connectivity index is 2.00. The first-order valence-electron chi connectivity index (χ1n) is 7.48. The first-order chi connectivity index (χ1) is 11.1. The van der Waals surface area contributed by atoms with Crippen molar-refractivity contribution in [3.8, 4) is 0 Å². The molecule has 23 heavy (non-hydrogen) atoms. The number of methoxy groups -OCH3 is 1. The molecule has 126 valence electrons. The normalized spacial score (nSPS) is 27.9. The minimum Gasteiger partial charge on any atom is -0.394 e. The lowest BCUT2D eigenvalue weighted by Crippen LogP contribution is -2.34. The highest BCUT2D eigenvalue weighted by atomic mass is 16.6. The standard InChI is InChI=1S/C14H21N5O4/c1-7(2)18-12-9-13(16-5-15-12)19(6-17-9)14-11(22-3)10(21)8(4-20)23-14/h5-8,10-11,14,20-21H,4H2,1-3H3,(H,15,16,18)/t8-,10+,11?,14-/m1/s1. The summed E-state index contributed by atoms with van der Waals surface area (Å²) in [6.07, 6.45) is 0.135. The summed E-state index contributed by atoms with van der Waals surface area (Å²) < 4.78 is 12.7. The Labute approximate surface area is 133 Å². The van der Waals surface area contributed by atoms with Gasteiger partial charge >= 0.3 is 0 Å². The van der Waals surface area contributed by atoms with Crippen molar-refractivity contribution in [3.63, 3.8) is 0 Å². The van der Waals surface area contributed by atoms with Crippen molar-refractivity contribution >= 4 is 17.0 Å². The molecule has 0 saturated carbocycles. The molecule has 1 fully saturated rings. The third-order valence-corrected chi connectivity index (χ3v) is 3.82. The summed E-state index contributed by atoms with van der Waals surface area (Å²) in [6.45, 7) is 3.72. The van der Waals surface area contributed by atoms with E-state index in [9.17, 15) is 10.2 Å². The van der Waals surface area contributed by atoms with Crippen LogP contribution in [0.5, 0.6) is 0 Å². The van der Waals surface area contributed by atoms with Gasteiger partial charge in [-0.2, -0.15) is 0 Å². The second kappa shape index (κ2) is 6.36. The van der Waals surface area contributed by atoms with E-state index in [-0.39, 0.29) is 12.6 Å². The average molecular weight is 323 g/mol. The number of hydrogen-bond acceptors (Lipinski definition) is 8. The molecule has 1 unspecified atom stereocenters. The van der Waals surface area contributed by atoms with Gasteiger partial charge in [-0.1, -0.05) is 0 Å². The third-order valence-electron chi connectivity index (χ3n) is 3.82. The molecule has 1 aliphatic rings. The van der Waals surface area contributed by atoms with E-state index >= 15 is 0 Å². The van der Waals surface area contributed by atoms with Crippen molar-refractivity contribution in [1.29, 1.82) is 0 Å². The van der Waals surface area contributed by atoms with Crippen LogP contribution in [0.3, 0.4) is 0 Å². The van der Waals surface area contributed by atoms with E-state index in [0.29, 0.717) is 17.0 Å². The Kier molecular flexibility index (Phi) is 4.44. The van der Waals surface area contributed by atoms with Crippen LogP contribution >= 0.6 is 0 Å². The molecule has 0 amide bonds. The fourth-order valence-electron chi connectivity index (χ4n) is 2.77. The van der Waals surface area contributed by atoms with Crippen LogP contribution < -0.4 is 5.32 Å². The summed E-state index contributed by atoms with van der Waals surface area (Å²) >= 11 is 0. The van der Waals surface area contributed by atoms with E-state index in [4.69, 9.17) is 9.47 Å². The minimum atomic E-state index is -0.928. The van der Waals surface area contributed by atoms with E-state index in [2.05, 4.69) is 20.3 Å². The van der Waals surface area contributed by atoms with Crippen LogP contribution in [0.4, 0.5) is 5.82 Å². The third kappa shape index (κ3) is 2.76. The van der Waals surface area contributed by atoms with Crippen LogP contribution in [0.25, 0.3) is 11.2 Å². The van der Waals surface area contributed by atoms with Crippen LogP contribution in [0.1, 0.15) is 20.1 Å². The van der Waals surface area contributed by atoms with Crippen LogP contribution in [0, 0.1) is 0 Å².